The van der Waals surface area contributed by atoms with E-state index in [1.807, 2.05) is 0 Å². The predicted octanol–water partition coefficient (Wildman–Crippen LogP) is -0.0299. The largest absolute Gasteiger partial charge is 0.384 e. The Kier molecular flexibility index (Phi) is 4.55. The van der Waals surface area contributed by atoms with Crippen molar-refractivity contribution >= 4 is 11.8 Å². The number of likely N-dealkylation sites (N-methyl/N-ethyl adjacent to an activating group) is 1. The van der Waals surface area contributed by atoms with Crippen molar-refractivity contribution < 1.29 is 19.1 Å². The van der Waals surface area contributed by atoms with Gasteiger partial charge in [0.2, 0.25) is 11.8 Å². The second-order valence-electron chi connectivity index (χ2n) is 4.81. The molecule has 1 saturated heterocycles. The van der Waals surface area contributed by atoms with Crippen LogP contribution in [0, 0.1) is 17.7 Å². The highest BCUT2D eigenvalue weighted by Crippen LogP contribution is 2.13. The summed E-state index contributed by atoms with van der Waals surface area (Å²) in [6, 6.07) is 4.20. The molecule has 21 heavy (non-hydrogen) atoms. The Hall–Kier alpha value is -2.39. The van der Waals surface area contributed by atoms with Crippen molar-refractivity contribution in [3.63, 3.8) is 0 Å². The van der Waals surface area contributed by atoms with Crippen LogP contribution < -0.4 is 0 Å². The summed E-state index contributed by atoms with van der Waals surface area (Å²) in [5.41, 5.74) is 0.981. The number of carbonyl (C=O) groups is 2. The molecule has 5 nitrogen and oxygen atoms in total. The molecule has 0 bridgehead atoms. The van der Waals surface area contributed by atoms with Crippen LogP contribution >= 0.6 is 0 Å². The fourth-order valence-electron chi connectivity index (χ4n) is 2.08. The average molecular weight is 290 g/mol. The molecule has 110 valence electrons. The molecular formula is C15H15FN2O3. The number of carbonyl (C=O) groups excluding carboxylic acids is 2. The standard InChI is InChI=1S/C15H15FN2O3/c1-17-9-15(21)18(10-14(17)20)8-12-5-11(3-2-4-19)6-13(16)7-12/h5-7,19H,4,8-10H2,1H3. The van der Waals surface area contributed by atoms with Crippen LogP contribution in [-0.4, -0.2) is 53.5 Å². The SMILES string of the molecule is CN1CC(=O)N(Cc2cc(F)cc(C#CCO)c2)CC1=O. The third-order valence-corrected chi connectivity index (χ3v) is 3.12. The molecule has 0 atom stereocenters. The molecule has 2 amide bonds. The van der Waals surface area contributed by atoms with E-state index in [0.717, 1.165) is 0 Å². The van der Waals surface area contributed by atoms with Gasteiger partial charge in [0, 0.05) is 19.2 Å². The molecule has 1 N–H and O–H groups in total. The minimum atomic E-state index is -0.470. The number of amides is 2. The van der Waals surface area contributed by atoms with Gasteiger partial charge in [0.1, 0.15) is 19.0 Å². The molecule has 2 rings (SSSR count). The quantitative estimate of drug-likeness (QED) is 0.778. The fourth-order valence-corrected chi connectivity index (χ4v) is 2.08. The van der Waals surface area contributed by atoms with Gasteiger partial charge in [-0.05, 0) is 23.8 Å². The maximum Gasteiger partial charge on any atom is 0.242 e. The Labute approximate surface area is 122 Å². The summed E-state index contributed by atoms with van der Waals surface area (Å²) in [7, 11) is 1.57. The van der Waals surface area contributed by atoms with Crippen LogP contribution in [0.4, 0.5) is 4.39 Å². The second kappa shape index (κ2) is 6.37. The van der Waals surface area contributed by atoms with E-state index < -0.39 is 5.82 Å². The Morgan fingerprint density at radius 2 is 2.00 bits per heavy atom. The molecular weight excluding hydrogens is 275 g/mol. The monoisotopic (exact) mass is 290 g/mol. The first kappa shape index (κ1) is 15.0. The van der Waals surface area contributed by atoms with Gasteiger partial charge in [0.25, 0.3) is 0 Å². The first-order valence-electron chi connectivity index (χ1n) is 6.40. The molecule has 1 aliphatic rings. The number of rotatable bonds is 2. The lowest BCUT2D eigenvalue weighted by Crippen LogP contribution is -2.51. The van der Waals surface area contributed by atoms with Crippen molar-refractivity contribution in [1.82, 2.24) is 9.80 Å². The number of nitrogens with zero attached hydrogens (tertiary/aromatic N) is 2. The average Bonchev–Trinajstić information content (AvgIpc) is 2.42. The van der Waals surface area contributed by atoms with Gasteiger partial charge in [0.15, 0.2) is 0 Å². The van der Waals surface area contributed by atoms with Gasteiger partial charge in [-0.1, -0.05) is 11.8 Å². The normalized spacial score (nSPS) is 15.0. The van der Waals surface area contributed by atoms with Gasteiger partial charge in [-0.2, -0.15) is 0 Å². The topological polar surface area (TPSA) is 60.9 Å². The Bertz CT molecular complexity index is 634. The van der Waals surface area contributed by atoms with Crippen LogP contribution in [0.15, 0.2) is 18.2 Å². The van der Waals surface area contributed by atoms with Crippen molar-refractivity contribution in [3.8, 4) is 11.8 Å². The number of halogens is 1. The van der Waals surface area contributed by atoms with E-state index in [1.165, 1.54) is 21.9 Å². The number of aliphatic hydroxyl groups excluding tert-OH is 1. The second-order valence-corrected chi connectivity index (χ2v) is 4.81. The zero-order valence-corrected chi connectivity index (χ0v) is 11.6. The number of benzene rings is 1. The molecule has 0 aromatic heterocycles. The fraction of sp³-hybridized carbons (Fsp3) is 0.333. The van der Waals surface area contributed by atoms with Crippen molar-refractivity contribution in [3.05, 3.63) is 35.1 Å². The smallest absolute Gasteiger partial charge is 0.242 e. The first-order chi connectivity index (χ1) is 9.99. The molecule has 1 heterocycles. The number of hydrogen-bond acceptors (Lipinski definition) is 3. The highest BCUT2D eigenvalue weighted by atomic mass is 19.1. The lowest BCUT2D eigenvalue weighted by molar-refractivity contribution is -0.149. The van der Waals surface area contributed by atoms with Gasteiger partial charge in [-0.15, -0.1) is 0 Å². The van der Waals surface area contributed by atoms with Crippen LogP contribution in [0.25, 0.3) is 0 Å². The minimum Gasteiger partial charge on any atom is -0.384 e. The van der Waals surface area contributed by atoms with Crippen LogP contribution in [0.1, 0.15) is 11.1 Å². The van der Waals surface area contributed by atoms with E-state index in [0.29, 0.717) is 11.1 Å². The molecule has 0 aliphatic carbocycles. The molecule has 1 aromatic carbocycles. The van der Waals surface area contributed by atoms with Crippen LogP contribution in [0.5, 0.6) is 0 Å². The molecule has 1 fully saturated rings. The third-order valence-electron chi connectivity index (χ3n) is 3.12. The van der Waals surface area contributed by atoms with Gasteiger partial charge >= 0.3 is 0 Å². The summed E-state index contributed by atoms with van der Waals surface area (Å²) in [5.74, 6) is 4.27. The third kappa shape index (κ3) is 3.80. The summed E-state index contributed by atoms with van der Waals surface area (Å²) < 4.78 is 13.5. The predicted molar refractivity (Wildman–Crippen MR) is 73.4 cm³/mol. The number of piperazine rings is 1. The minimum absolute atomic E-state index is 0.0104. The van der Waals surface area contributed by atoms with Crippen LogP contribution in [0.2, 0.25) is 0 Å². The Morgan fingerprint density at radius 3 is 2.71 bits per heavy atom. The van der Waals surface area contributed by atoms with Crippen molar-refractivity contribution in [2.45, 2.75) is 6.54 Å². The lowest BCUT2D eigenvalue weighted by Gasteiger charge is -2.31. The Balaban J connectivity index is 2.17. The molecule has 6 heteroatoms. The van der Waals surface area contributed by atoms with E-state index in [1.54, 1.807) is 13.1 Å². The molecule has 0 saturated carbocycles. The van der Waals surface area contributed by atoms with Gasteiger partial charge in [-0.25, -0.2) is 4.39 Å². The number of hydrogen-bond donors (Lipinski definition) is 1. The summed E-state index contributed by atoms with van der Waals surface area (Å²) in [6.45, 7) is -0.129. The van der Waals surface area contributed by atoms with E-state index in [-0.39, 0.29) is 38.1 Å². The van der Waals surface area contributed by atoms with Gasteiger partial charge in [-0.3, -0.25) is 9.59 Å². The molecule has 0 unspecified atom stereocenters. The molecule has 1 aliphatic heterocycles. The van der Waals surface area contributed by atoms with Crippen LogP contribution in [-0.2, 0) is 16.1 Å². The van der Waals surface area contributed by atoms with E-state index in [4.69, 9.17) is 5.11 Å². The van der Waals surface area contributed by atoms with Crippen LogP contribution in [0.3, 0.4) is 0 Å². The van der Waals surface area contributed by atoms with Crippen molar-refractivity contribution in [1.29, 1.82) is 0 Å². The first-order valence-corrected chi connectivity index (χ1v) is 6.40. The van der Waals surface area contributed by atoms with E-state index in [2.05, 4.69) is 11.8 Å². The van der Waals surface area contributed by atoms with Gasteiger partial charge in [0.05, 0.1) is 6.54 Å². The van der Waals surface area contributed by atoms with Crippen molar-refractivity contribution in [2.24, 2.45) is 0 Å². The molecule has 0 radical (unpaired) electrons. The zero-order chi connectivity index (χ0) is 15.4. The Morgan fingerprint density at radius 1 is 1.24 bits per heavy atom. The summed E-state index contributed by atoms with van der Waals surface area (Å²) in [5, 5.41) is 8.65. The maximum atomic E-state index is 13.5. The van der Waals surface area contributed by atoms with E-state index in [9.17, 15) is 14.0 Å². The molecule has 1 aromatic rings. The zero-order valence-electron chi connectivity index (χ0n) is 11.6. The van der Waals surface area contributed by atoms with Crippen molar-refractivity contribution in [2.75, 3.05) is 26.7 Å². The summed E-state index contributed by atoms with van der Waals surface area (Å²) >= 11 is 0. The number of aliphatic hydroxyl groups is 1. The summed E-state index contributed by atoms with van der Waals surface area (Å²) in [4.78, 5) is 26.2. The lowest BCUT2D eigenvalue weighted by atomic mass is 10.1. The summed E-state index contributed by atoms with van der Waals surface area (Å²) in [6.07, 6.45) is 0. The highest BCUT2D eigenvalue weighted by molar-refractivity contribution is 5.92. The highest BCUT2D eigenvalue weighted by Gasteiger charge is 2.27. The maximum absolute atomic E-state index is 13.5. The molecule has 0 spiro atoms. The van der Waals surface area contributed by atoms with E-state index >= 15 is 0 Å². The van der Waals surface area contributed by atoms with Gasteiger partial charge < -0.3 is 14.9 Å².